The minimum absolute atomic E-state index is 0.0169. The molecule has 8 aromatic rings. The molecule has 0 radical (unpaired) electrons. The van der Waals surface area contributed by atoms with Gasteiger partial charge in [0.25, 0.3) is 11.1 Å². The number of ether oxygens (including phenoxy) is 2. The summed E-state index contributed by atoms with van der Waals surface area (Å²) in [5.41, 5.74) is 2.42. The van der Waals surface area contributed by atoms with Gasteiger partial charge in [-0.1, -0.05) is 95.2 Å². The van der Waals surface area contributed by atoms with E-state index in [1.807, 2.05) is 96.8 Å². The lowest BCUT2D eigenvalue weighted by atomic mass is 9.98. The number of carbonyl (C=O) groups excluding carboxylic acids is 1. The van der Waals surface area contributed by atoms with Gasteiger partial charge in [0.05, 0.1) is 18.0 Å². The Balaban J connectivity index is 0.000000158. The summed E-state index contributed by atoms with van der Waals surface area (Å²) in [7, 11) is 0. The maximum absolute atomic E-state index is 13.2. The Morgan fingerprint density at radius 3 is 1.52 bits per heavy atom. The molecule has 404 valence electrons. The van der Waals surface area contributed by atoms with Crippen LogP contribution in [-0.2, 0) is 22.3 Å². The summed E-state index contributed by atoms with van der Waals surface area (Å²) < 4.78 is 22.0. The fraction of sp³-hybridized carbons (Fsp3) is 0.350. The third-order valence-electron chi connectivity index (χ3n) is 15.9. The van der Waals surface area contributed by atoms with Gasteiger partial charge in [0, 0.05) is 62.0 Å². The standard InChI is InChI=1S/C31H30N4O6.C29H28N4O5/c36-26-15-20(14-19-8-5-7-18-6-1-4-11-25(18)19)27-28(37)32-30(33-29(27)40-26)41-34-21-16-22-12-13-23(17-21)35(22)31(38)39-24-9-2-3-10-24;1-3-36-17(2)33-22-11-12-23(33)16-21(15-22)32-38-29-30-27(35)26-20(14-25(34)37-28(26)31-29)13-19-9-6-8-18-7-4-5-10-24(18)19/h1,4-8,11,15,22-24H,2-3,9-10,12-14,16-17H2,(H,32,33,37);4-10,14,22-23H,2-3,11-13,15-16H2,1H3,(H,30,31,35). The molecule has 4 aliphatic heterocycles. The summed E-state index contributed by atoms with van der Waals surface area (Å²) in [6.07, 6.45) is 11.1. The van der Waals surface area contributed by atoms with E-state index in [4.69, 9.17) is 28.0 Å². The lowest BCUT2D eigenvalue weighted by Crippen LogP contribution is -2.47. The van der Waals surface area contributed by atoms with E-state index in [1.165, 1.54) is 12.1 Å². The van der Waals surface area contributed by atoms with Crippen LogP contribution in [0.5, 0.6) is 12.0 Å². The molecule has 19 nitrogen and oxygen atoms in total. The lowest BCUT2D eigenvalue weighted by Gasteiger charge is -2.37. The number of amides is 1. The average molecular weight is 1070 g/mol. The zero-order valence-corrected chi connectivity index (χ0v) is 43.6. The molecule has 4 bridgehead atoms. The normalized spacial score (nSPS) is 19.7. The van der Waals surface area contributed by atoms with Crippen molar-refractivity contribution < 1.29 is 32.8 Å². The monoisotopic (exact) mass is 1070 g/mol. The maximum Gasteiger partial charge on any atom is 0.410 e. The SMILES string of the molecule is C=C(OCC)N1C2CCC1CC(=NOc1nc3oc(=O)cc(Cc4cccc5ccccc45)c3c(=O)[nH]1)C2.O=C(OC1CCCC1)N1C2CCC1CC(=NOc1nc3oc(=O)cc(Cc4cccc5ccccc45)c3c(=O)[nH]1)C2. The van der Waals surface area contributed by atoms with Crippen molar-refractivity contribution in [1.29, 1.82) is 0 Å². The zero-order valence-electron chi connectivity index (χ0n) is 43.6. The van der Waals surface area contributed by atoms with Crippen molar-refractivity contribution in [2.24, 2.45) is 10.3 Å². The Labute approximate surface area is 451 Å². The summed E-state index contributed by atoms with van der Waals surface area (Å²) in [4.78, 5) is 93.0. The second kappa shape index (κ2) is 21.9. The molecule has 5 aliphatic rings. The number of rotatable bonds is 12. The van der Waals surface area contributed by atoms with Crippen molar-refractivity contribution in [3.05, 3.63) is 173 Å². The van der Waals surface area contributed by atoms with Gasteiger partial charge in [-0.2, -0.15) is 9.97 Å². The van der Waals surface area contributed by atoms with Gasteiger partial charge in [0.1, 0.15) is 16.9 Å². The molecule has 13 rings (SSSR count). The Kier molecular flexibility index (Phi) is 14.1. The van der Waals surface area contributed by atoms with Crippen LogP contribution in [0.15, 0.2) is 148 Å². The minimum atomic E-state index is -0.600. The van der Waals surface area contributed by atoms with Crippen molar-refractivity contribution >= 4 is 61.3 Å². The van der Waals surface area contributed by atoms with Crippen LogP contribution >= 0.6 is 0 Å². The van der Waals surface area contributed by atoms with Crippen molar-refractivity contribution in [1.82, 2.24) is 29.7 Å². The second-order valence-electron chi connectivity index (χ2n) is 20.9. The van der Waals surface area contributed by atoms with Crippen LogP contribution in [0.1, 0.15) is 106 Å². The Bertz CT molecular complexity index is 3950. The van der Waals surface area contributed by atoms with Crippen LogP contribution in [-0.4, -0.2) is 84.1 Å². The summed E-state index contributed by atoms with van der Waals surface area (Å²) in [6.45, 7) is 6.60. The van der Waals surface area contributed by atoms with Crippen LogP contribution < -0.4 is 32.0 Å². The van der Waals surface area contributed by atoms with E-state index in [0.717, 1.165) is 95.5 Å². The molecule has 4 atom stereocenters. The zero-order chi connectivity index (χ0) is 54.1. The number of nitrogens with zero attached hydrogens (tertiary/aromatic N) is 6. The predicted molar refractivity (Wildman–Crippen MR) is 297 cm³/mol. The number of oxime groups is 2. The van der Waals surface area contributed by atoms with Crippen molar-refractivity contribution in [3.8, 4) is 12.0 Å². The highest BCUT2D eigenvalue weighted by Gasteiger charge is 2.44. The fourth-order valence-corrected chi connectivity index (χ4v) is 12.4. The molecule has 5 fully saturated rings. The minimum Gasteiger partial charge on any atom is -0.480 e. The Morgan fingerprint density at radius 1 is 0.608 bits per heavy atom. The van der Waals surface area contributed by atoms with E-state index in [0.29, 0.717) is 62.1 Å². The fourth-order valence-electron chi connectivity index (χ4n) is 12.4. The number of fused-ring (bicyclic) bond motifs is 8. The maximum atomic E-state index is 13.2. The number of hydrogen-bond donors (Lipinski definition) is 2. The van der Waals surface area contributed by atoms with Crippen LogP contribution in [0.2, 0.25) is 0 Å². The molecule has 4 unspecified atom stereocenters. The first-order valence-corrected chi connectivity index (χ1v) is 27.1. The number of hydrogen-bond acceptors (Lipinski definition) is 16. The molecular weight excluding hydrogens is 1010 g/mol. The van der Waals surface area contributed by atoms with E-state index in [9.17, 15) is 24.0 Å². The number of H-pyrrole nitrogens is 2. The molecule has 1 amide bonds. The van der Waals surface area contributed by atoms with Crippen LogP contribution in [0.3, 0.4) is 0 Å². The van der Waals surface area contributed by atoms with Crippen LogP contribution in [0.4, 0.5) is 4.79 Å². The number of aromatic amines is 2. The smallest absolute Gasteiger partial charge is 0.410 e. The van der Waals surface area contributed by atoms with Crippen molar-refractivity contribution in [2.45, 2.75) is 127 Å². The lowest BCUT2D eigenvalue weighted by molar-refractivity contribution is 0.0496. The van der Waals surface area contributed by atoms with E-state index >= 15 is 0 Å². The predicted octanol–water partition coefficient (Wildman–Crippen LogP) is 9.55. The number of nitrogens with one attached hydrogen (secondary N) is 2. The first-order chi connectivity index (χ1) is 38.5. The first-order valence-electron chi connectivity index (χ1n) is 27.1. The molecule has 2 N–H and O–H groups in total. The summed E-state index contributed by atoms with van der Waals surface area (Å²) in [6, 6.07) is 30.8. The molecule has 79 heavy (non-hydrogen) atoms. The van der Waals surface area contributed by atoms with E-state index < -0.39 is 22.4 Å². The van der Waals surface area contributed by atoms with Crippen molar-refractivity contribution in [2.75, 3.05) is 6.61 Å². The molecule has 4 aromatic carbocycles. The van der Waals surface area contributed by atoms with Gasteiger partial charge < -0.3 is 37.8 Å². The average Bonchev–Trinajstić information content (AvgIpc) is 4.20. The molecule has 4 aromatic heterocycles. The van der Waals surface area contributed by atoms with Gasteiger partial charge in [-0.05, 0) is 122 Å². The Hall–Kier alpha value is -8.87. The third kappa shape index (κ3) is 10.6. The van der Waals surface area contributed by atoms with E-state index in [1.54, 1.807) is 0 Å². The molecule has 8 heterocycles. The highest BCUT2D eigenvalue weighted by Crippen LogP contribution is 2.38. The quantitative estimate of drug-likeness (QED) is 0.0856. The number of carbonyl (C=O) groups is 1. The highest BCUT2D eigenvalue weighted by molar-refractivity contribution is 5.90. The molecule has 0 spiro atoms. The summed E-state index contributed by atoms with van der Waals surface area (Å²) in [5.74, 6) is 0.704. The molecule has 19 heteroatoms. The van der Waals surface area contributed by atoms with Crippen molar-refractivity contribution in [3.63, 3.8) is 0 Å². The van der Waals surface area contributed by atoms with Gasteiger partial charge in [-0.25, -0.2) is 14.4 Å². The number of aromatic nitrogens is 4. The van der Waals surface area contributed by atoms with E-state index in [2.05, 4.69) is 41.7 Å². The van der Waals surface area contributed by atoms with E-state index in [-0.39, 0.29) is 70.6 Å². The van der Waals surface area contributed by atoms with Gasteiger partial charge in [-0.3, -0.25) is 19.6 Å². The second-order valence-corrected chi connectivity index (χ2v) is 20.9. The number of benzene rings is 4. The van der Waals surface area contributed by atoms with Gasteiger partial charge in [-0.15, -0.1) is 0 Å². The van der Waals surface area contributed by atoms with Crippen LogP contribution in [0, 0.1) is 0 Å². The first kappa shape index (κ1) is 50.9. The summed E-state index contributed by atoms with van der Waals surface area (Å²) >= 11 is 0. The molecule has 1 aliphatic carbocycles. The molecule has 4 saturated heterocycles. The number of piperidine rings is 2. The van der Waals surface area contributed by atoms with Gasteiger partial charge in [0.15, 0.2) is 5.88 Å². The molecular formula is C60H58N8O11. The van der Waals surface area contributed by atoms with Gasteiger partial charge >= 0.3 is 29.4 Å². The summed E-state index contributed by atoms with van der Waals surface area (Å²) in [5, 5.41) is 13.2. The van der Waals surface area contributed by atoms with Gasteiger partial charge in [0.2, 0.25) is 11.4 Å². The largest absolute Gasteiger partial charge is 0.480 e. The Morgan fingerprint density at radius 2 is 1.05 bits per heavy atom. The highest BCUT2D eigenvalue weighted by atomic mass is 16.6. The van der Waals surface area contributed by atoms with Crippen LogP contribution in [0.25, 0.3) is 43.7 Å². The third-order valence-corrected chi connectivity index (χ3v) is 15.9. The topological polar surface area (TPSA) is 237 Å². The molecule has 1 saturated carbocycles.